The van der Waals surface area contributed by atoms with Gasteiger partial charge in [0.15, 0.2) is 0 Å². The lowest BCUT2D eigenvalue weighted by molar-refractivity contribution is -0.384. The Morgan fingerprint density at radius 3 is 2.68 bits per heavy atom. The Labute approximate surface area is 129 Å². The number of nitrogens with zero attached hydrogens (tertiary/aromatic N) is 2. The van der Waals surface area contributed by atoms with Gasteiger partial charge in [0.2, 0.25) is 0 Å². The molecule has 0 atom stereocenters. The number of nitro benzene ring substituents is 1. The van der Waals surface area contributed by atoms with E-state index >= 15 is 0 Å². The van der Waals surface area contributed by atoms with Crippen LogP contribution in [-0.4, -0.2) is 40.7 Å². The second-order valence-electron chi connectivity index (χ2n) is 5.74. The van der Waals surface area contributed by atoms with Crippen LogP contribution in [0.2, 0.25) is 0 Å². The summed E-state index contributed by atoms with van der Waals surface area (Å²) in [5, 5.41) is 22.9. The molecule has 0 aromatic heterocycles. The van der Waals surface area contributed by atoms with Gasteiger partial charge in [-0.15, -0.1) is 0 Å². The van der Waals surface area contributed by atoms with E-state index in [-0.39, 0.29) is 23.7 Å². The van der Waals surface area contributed by atoms with E-state index in [2.05, 4.69) is 12.2 Å². The highest BCUT2D eigenvalue weighted by Crippen LogP contribution is 2.34. The molecule has 7 nitrogen and oxygen atoms in total. The fraction of sp³-hybridized carbons (Fsp3) is 0.533. The molecule has 1 fully saturated rings. The molecule has 0 radical (unpaired) electrons. The summed E-state index contributed by atoms with van der Waals surface area (Å²) in [6, 6.07) is 5.62. The van der Waals surface area contributed by atoms with Gasteiger partial charge in [0.25, 0.3) is 5.69 Å². The highest BCUT2D eigenvalue weighted by molar-refractivity contribution is 5.89. The van der Waals surface area contributed by atoms with Gasteiger partial charge in [-0.2, -0.15) is 0 Å². The molecule has 0 saturated carbocycles. The largest absolute Gasteiger partial charge is 0.396 e. The first-order valence-corrected chi connectivity index (χ1v) is 7.41. The number of piperidine rings is 1. The number of likely N-dealkylation sites (tertiary alicyclic amines) is 1. The maximum atomic E-state index is 12.2. The average Bonchev–Trinajstić information content (AvgIpc) is 2.55. The number of carbonyl (C=O) groups is 1. The number of urea groups is 1. The number of nitrogens with one attached hydrogen (secondary N) is 1. The molecule has 1 heterocycles. The van der Waals surface area contributed by atoms with Crippen molar-refractivity contribution in [3.05, 3.63) is 34.4 Å². The Kier molecular flexibility index (Phi) is 4.97. The maximum absolute atomic E-state index is 12.2. The van der Waals surface area contributed by atoms with Crippen LogP contribution in [0, 0.1) is 15.5 Å². The van der Waals surface area contributed by atoms with Crippen LogP contribution in [-0.2, 0) is 0 Å². The second kappa shape index (κ2) is 6.74. The third kappa shape index (κ3) is 3.54. The molecule has 2 N–H and O–H groups in total. The third-order valence-electron chi connectivity index (χ3n) is 4.50. The number of carbonyl (C=O) groups excluding carboxylic acids is 1. The summed E-state index contributed by atoms with van der Waals surface area (Å²) in [7, 11) is 0. The molecule has 7 heteroatoms. The second-order valence-corrected chi connectivity index (χ2v) is 5.74. The van der Waals surface area contributed by atoms with Gasteiger partial charge in [0, 0.05) is 37.5 Å². The van der Waals surface area contributed by atoms with Crippen molar-refractivity contribution in [1.82, 2.24) is 4.90 Å². The van der Waals surface area contributed by atoms with E-state index < -0.39 is 4.92 Å². The van der Waals surface area contributed by atoms with Crippen molar-refractivity contribution < 1.29 is 14.8 Å². The molecule has 1 aromatic rings. The fourth-order valence-electron chi connectivity index (χ4n) is 2.71. The predicted molar refractivity (Wildman–Crippen MR) is 82.7 cm³/mol. The number of amides is 2. The highest BCUT2D eigenvalue weighted by atomic mass is 16.6. The highest BCUT2D eigenvalue weighted by Gasteiger charge is 2.33. The maximum Gasteiger partial charge on any atom is 0.321 e. The number of rotatable bonds is 4. The molecule has 22 heavy (non-hydrogen) atoms. The number of benzene rings is 1. The Morgan fingerprint density at radius 1 is 1.45 bits per heavy atom. The van der Waals surface area contributed by atoms with E-state index in [1.807, 2.05) is 0 Å². The zero-order valence-electron chi connectivity index (χ0n) is 12.6. The Hall–Kier alpha value is -2.15. The van der Waals surface area contributed by atoms with Crippen molar-refractivity contribution in [2.45, 2.75) is 26.2 Å². The van der Waals surface area contributed by atoms with Crippen molar-refractivity contribution in [3.8, 4) is 0 Å². The van der Waals surface area contributed by atoms with Crippen LogP contribution in [0.4, 0.5) is 16.2 Å². The van der Waals surface area contributed by atoms with Gasteiger partial charge >= 0.3 is 6.03 Å². The number of nitro groups is 1. The van der Waals surface area contributed by atoms with Crippen molar-refractivity contribution >= 4 is 17.4 Å². The molecule has 2 rings (SSSR count). The summed E-state index contributed by atoms with van der Waals surface area (Å²) in [4.78, 5) is 24.1. The van der Waals surface area contributed by atoms with Crippen LogP contribution in [0.25, 0.3) is 0 Å². The molecule has 1 aliphatic rings. The zero-order valence-corrected chi connectivity index (χ0v) is 12.6. The minimum Gasteiger partial charge on any atom is -0.396 e. The molecule has 1 aromatic carbocycles. The van der Waals surface area contributed by atoms with Gasteiger partial charge in [-0.05, 0) is 30.7 Å². The average molecular weight is 307 g/mol. The van der Waals surface area contributed by atoms with Gasteiger partial charge in [-0.25, -0.2) is 4.79 Å². The molecule has 0 spiro atoms. The van der Waals surface area contributed by atoms with Crippen molar-refractivity contribution in [2.24, 2.45) is 5.41 Å². The Morgan fingerprint density at radius 2 is 2.14 bits per heavy atom. The van der Waals surface area contributed by atoms with Crippen LogP contribution in [0.5, 0.6) is 0 Å². The van der Waals surface area contributed by atoms with Crippen molar-refractivity contribution in [1.29, 1.82) is 0 Å². The molecule has 2 amide bonds. The van der Waals surface area contributed by atoms with Crippen LogP contribution >= 0.6 is 0 Å². The lowest BCUT2D eigenvalue weighted by Gasteiger charge is -2.40. The molecular weight excluding hydrogens is 286 g/mol. The van der Waals surface area contributed by atoms with Crippen LogP contribution < -0.4 is 5.32 Å². The van der Waals surface area contributed by atoms with Gasteiger partial charge < -0.3 is 15.3 Å². The molecule has 0 aliphatic carbocycles. The van der Waals surface area contributed by atoms with Crippen LogP contribution in [0.15, 0.2) is 24.3 Å². The van der Waals surface area contributed by atoms with Gasteiger partial charge in [-0.3, -0.25) is 10.1 Å². The summed E-state index contributed by atoms with van der Waals surface area (Å²) >= 11 is 0. The number of hydrogen-bond donors (Lipinski definition) is 2. The van der Waals surface area contributed by atoms with Gasteiger partial charge in [0.1, 0.15) is 0 Å². The van der Waals surface area contributed by atoms with Crippen molar-refractivity contribution in [3.63, 3.8) is 0 Å². The first-order valence-electron chi connectivity index (χ1n) is 7.41. The Balaban J connectivity index is 1.96. The fourth-order valence-corrected chi connectivity index (χ4v) is 2.71. The molecule has 0 bridgehead atoms. The molecule has 1 saturated heterocycles. The monoisotopic (exact) mass is 307 g/mol. The van der Waals surface area contributed by atoms with E-state index in [1.54, 1.807) is 11.0 Å². The summed E-state index contributed by atoms with van der Waals surface area (Å²) < 4.78 is 0. The topological polar surface area (TPSA) is 95.7 Å². The number of aliphatic hydroxyl groups is 1. The summed E-state index contributed by atoms with van der Waals surface area (Å²) in [6.07, 6.45) is 2.43. The summed E-state index contributed by atoms with van der Waals surface area (Å²) in [5.74, 6) is 0. The quantitative estimate of drug-likeness (QED) is 0.660. The van der Waals surface area contributed by atoms with E-state index in [4.69, 9.17) is 0 Å². The number of hydrogen-bond acceptors (Lipinski definition) is 4. The van der Waals surface area contributed by atoms with Crippen LogP contribution in [0.3, 0.4) is 0 Å². The SMILES string of the molecule is CCC1(CO)CCN(C(=O)Nc2cccc([N+](=O)[O-])c2)CC1. The minimum atomic E-state index is -0.493. The lowest BCUT2D eigenvalue weighted by Crippen LogP contribution is -2.46. The van der Waals surface area contributed by atoms with Crippen molar-refractivity contribution in [2.75, 3.05) is 25.0 Å². The standard InChI is InChI=1S/C15H21N3O4/c1-2-15(11-19)6-8-17(9-7-15)14(20)16-12-4-3-5-13(10-12)18(21)22/h3-5,10,19H,2,6-9,11H2,1H3,(H,16,20). The number of aliphatic hydroxyl groups excluding tert-OH is 1. The zero-order chi connectivity index (χ0) is 16.2. The minimum absolute atomic E-state index is 0.0540. The number of anilines is 1. The van der Waals surface area contributed by atoms with E-state index in [0.717, 1.165) is 19.3 Å². The summed E-state index contributed by atoms with van der Waals surface area (Å²) in [5.41, 5.74) is 0.276. The summed E-state index contributed by atoms with van der Waals surface area (Å²) in [6.45, 7) is 3.35. The third-order valence-corrected chi connectivity index (χ3v) is 4.50. The van der Waals surface area contributed by atoms with E-state index in [9.17, 15) is 20.0 Å². The molecular formula is C15H21N3O4. The van der Waals surface area contributed by atoms with E-state index in [1.165, 1.54) is 18.2 Å². The first kappa shape index (κ1) is 16.2. The molecule has 0 unspecified atom stereocenters. The molecule has 120 valence electrons. The van der Waals surface area contributed by atoms with E-state index in [0.29, 0.717) is 18.8 Å². The first-order chi connectivity index (χ1) is 10.5. The lowest BCUT2D eigenvalue weighted by atomic mass is 9.77. The predicted octanol–water partition coefficient (Wildman–Crippen LogP) is 2.61. The van der Waals surface area contributed by atoms with Gasteiger partial charge in [0.05, 0.1) is 4.92 Å². The van der Waals surface area contributed by atoms with Crippen LogP contribution in [0.1, 0.15) is 26.2 Å². The number of non-ortho nitro benzene ring substituents is 1. The normalized spacial score (nSPS) is 17.1. The Bertz CT molecular complexity index is 547. The molecule has 1 aliphatic heterocycles. The van der Waals surface area contributed by atoms with Gasteiger partial charge in [-0.1, -0.05) is 13.0 Å². The smallest absolute Gasteiger partial charge is 0.321 e.